The van der Waals surface area contributed by atoms with Crippen LogP contribution in [0.25, 0.3) is 0 Å². The van der Waals surface area contributed by atoms with Gasteiger partial charge in [0.25, 0.3) is 0 Å². The molecule has 35 heavy (non-hydrogen) atoms. The summed E-state index contributed by atoms with van der Waals surface area (Å²) in [4.78, 5) is 5.52. The van der Waals surface area contributed by atoms with Crippen LogP contribution in [0.3, 0.4) is 0 Å². The summed E-state index contributed by atoms with van der Waals surface area (Å²) in [6.45, 7) is 12.6. The van der Waals surface area contributed by atoms with Crippen molar-refractivity contribution >= 4 is 0 Å². The van der Waals surface area contributed by atoms with Crippen LogP contribution in [-0.4, -0.2) is 61.8 Å². The highest BCUT2D eigenvalue weighted by molar-refractivity contribution is 5.47. The molecule has 6 rings (SSSR count). The third kappa shape index (κ3) is 4.59. The van der Waals surface area contributed by atoms with Gasteiger partial charge in [-0.3, -0.25) is 9.80 Å². The van der Waals surface area contributed by atoms with E-state index in [-0.39, 0.29) is 0 Å². The molecule has 1 saturated carbocycles. The molecule has 2 saturated heterocycles. The van der Waals surface area contributed by atoms with E-state index in [0.717, 1.165) is 43.7 Å². The van der Waals surface area contributed by atoms with Gasteiger partial charge >= 0.3 is 0 Å². The van der Waals surface area contributed by atoms with Gasteiger partial charge in [0.05, 0.1) is 0 Å². The molecular weight excluding hydrogens is 434 g/mol. The molecular formula is C30H41N3O2. The monoisotopic (exact) mass is 475 g/mol. The van der Waals surface area contributed by atoms with Crippen molar-refractivity contribution in [3.05, 3.63) is 59.2 Å². The van der Waals surface area contributed by atoms with E-state index in [1.807, 2.05) is 6.07 Å². The molecule has 0 amide bonds. The van der Waals surface area contributed by atoms with Gasteiger partial charge in [-0.05, 0) is 67.3 Å². The van der Waals surface area contributed by atoms with Crippen LogP contribution < -0.4 is 14.8 Å². The molecule has 0 radical (unpaired) electrons. The van der Waals surface area contributed by atoms with Gasteiger partial charge in [-0.1, -0.05) is 50.2 Å². The lowest BCUT2D eigenvalue weighted by Gasteiger charge is -2.57. The second-order valence-corrected chi connectivity index (χ2v) is 11.5. The summed E-state index contributed by atoms with van der Waals surface area (Å²) >= 11 is 0. The van der Waals surface area contributed by atoms with Crippen LogP contribution in [0.2, 0.25) is 0 Å². The highest BCUT2D eigenvalue weighted by atomic mass is 16.6. The molecule has 1 aliphatic carbocycles. The third-order valence-corrected chi connectivity index (χ3v) is 9.00. The Kier molecular flexibility index (Phi) is 6.50. The molecule has 4 aliphatic rings. The maximum absolute atomic E-state index is 6.04. The zero-order valence-electron chi connectivity index (χ0n) is 21.5. The SMILES string of the molecule is CC(C)c1ccccc1C1CN(Cc2cccc3c2OCCO3)CCN1C1CC2(CCNCC2)C1. The number of para-hydroxylation sites is 1. The molecule has 0 bridgehead atoms. The van der Waals surface area contributed by atoms with Crippen LogP contribution in [0.1, 0.15) is 68.2 Å². The van der Waals surface area contributed by atoms with E-state index in [1.165, 1.54) is 55.5 Å². The summed E-state index contributed by atoms with van der Waals surface area (Å²) in [7, 11) is 0. The summed E-state index contributed by atoms with van der Waals surface area (Å²) in [5.41, 5.74) is 4.90. The minimum absolute atomic E-state index is 0.447. The van der Waals surface area contributed by atoms with Crippen LogP contribution in [0.4, 0.5) is 0 Å². The molecule has 1 N–H and O–H groups in total. The van der Waals surface area contributed by atoms with Crippen molar-refractivity contribution in [3.63, 3.8) is 0 Å². The Morgan fingerprint density at radius 2 is 1.77 bits per heavy atom. The Balaban J connectivity index is 1.24. The maximum atomic E-state index is 6.04. The number of hydrogen-bond acceptors (Lipinski definition) is 5. The van der Waals surface area contributed by atoms with Crippen LogP contribution in [0.15, 0.2) is 42.5 Å². The molecule has 2 aromatic rings. The molecule has 3 heterocycles. The molecule has 1 atom stereocenters. The number of fused-ring (bicyclic) bond motifs is 1. The molecule has 188 valence electrons. The van der Waals surface area contributed by atoms with E-state index in [1.54, 1.807) is 0 Å². The Morgan fingerprint density at radius 1 is 0.971 bits per heavy atom. The zero-order valence-corrected chi connectivity index (χ0v) is 21.5. The molecule has 2 aromatic carbocycles. The molecule has 1 unspecified atom stereocenters. The average Bonchev–Trinajstić information content (AvgIpc) is 2.88. The van der Waals surface area contributed by atoms with Crippen molar-refractivity contribution in [1.29, 1.82) is 0 Å². The third-order valence-electron chi connectivity index (χ3n) is 9.00. The first kappa shape index (κ1) is 23.3. The van der Waals surface area contributed by atoms with Crippen LogP contribution in [-0.2, 0) is 6.54 Å². The van der Waals surface area contributed by atoms with Gasteiger partial charge in [0, 0.05) is 43.8 Å². The smallest absolute Gasteiger partial charge is 0.165 e. The van der Waals surface area contributed by atoms with Gasteiger partial charge in [0.2, 0.25) is 0 Å². The summed E-state index contributed by atoms with van der Waals surface area (Å²) in [6, 6.07) is 16.7. The van der Waals surface area contributed by atoms with Crippen molar-refractivity contribution in [2.45, 2.75) is 64.1 Å². The predicted molar refractivity (Wildman–Crippen MR) is 140 cm³/mol. The quantitative estimate of drug-likeness (QED) is 0.661. The number of ether oxygens (including phenoxy) is 2. The van der Waals surface area contributed by atoms with Gasteiger partial charge in [-0.25, -0.2) is 0 Å². The Morgan fingerprint density at radius 3 is 2.60 bits per heavy atom. The number of piperidine rings is 1. The lowest BCUT2D eigenvalue weighted by molar-refractivity contribution is -0.0651. The standard InChI is InChI=1S/C30H41N3O2/c1-22(2)25-7-3-4-8-26(25)27-21-32(20-23-6-5-9-28-29(23)35-17-16-34-28)14-15-33(27)24-18-30(19-24)10-12-31-13-11-30/h3-9,22,24,27,31H,10-21H2,1-2H3. The van der Waals surface area contributed by atoms with Crippen molar-refractivity contribution in [3.8, 4) is 11.5 Å². The first-order valence-corrected chi connectivity index (χ1v) is 13.8. The number of nitrogens with one attached hydrogen (secondary N) is 1. The van der Waals surface area contributed by atoms with Crippen molar-refractivity contribution in [2.75, 3.05) is 45.9 Å². The lowest BCUT2D eigenvalue weighted by Crippen LogP contribution is -2.59. The van der Waals surface area contributed by atoms with E-state index in [0.29, 0.717) is 30.6 Å². The first-order valence-electron chi connectivity index (χ1n) is 13.8. The van der Waals surface area contributed by atoms with Crippen LogP contribution in [0.5, 0.6) is 11.5 Å². The molecule has 5 nitrogen and oxygen atoms in total. The minimum Gasteiger partial charge on any atom is -0.486 e. The van der Waals surface area contributed by atoms with Gasteiger partial charge in [0.15, 0.2) is 11.5 Å². The molecule has 3 aliphatic heterocycles. The van der Waals surface area contributed by atoms with Gasteiger partial charge in [-0.2, -0.15) is 0 Å². The summed E-state index contributed by atoms with van der Waals surface area (Å²) in [6.07, 6.45) is 5.48. The zero-order chi connectivity index (χ0) is 23.8. The van der Waals surface area contributed by atoms with E-state index in [9.17, 15) is 0 Å². The largest absolute Gasteiger partial charge is 0.486 e. The first-order chi connectivity index (χ1) is 17.1. The molecule has 3 fully saturated rings. The molecule has 0 aromatic heterocycles. The average molecular weight is 476 g/mol. The van der Waals surface area contributed by atoms with Gasteiger partial charge < -0.3 is 14.8 Å². The Bertz CT molecular complexity index is 1020. The second kappa shape index (κ2) is 9.76. The normalized spacial score (nSPS) is 25.1. The lowest BCUT2D eigenvalue weighted by atomic mass is 9.60. The molecule has 5 heteroatoms. The Hall–Kier alpha value is -2.08. The number of rotatable bonds is 5. The van der Waals surface area contributed by atoms with Crippen LogP contribution in [0, 0.1) is 5.41 Å². The summed E-state index contributed by atoms with van der Waals surface area (Å²) in [5, 5.41) is 3.57. The fourth-order valence-corrected chi connectivity index (χ4v) is 7.09. The Labute approximate surface area is 210 Å². The predicted octanol–water partition coefficient (Wildman–Crippen LogP) is 4.97. The van der Waals surface area contributed by atoms with Crippen molar-refractivity contribution in [1.82, 2.24) is 15.1 Å². The van der Waals surface area contributed by atoms with E-state index >= 15 is 0 Å². The minimum atomic E-state index is 0.447. The topological polar surface area (TPSA) is 37.0 Å². The molecule has 1 spiro atoms. The van der Waals surface area contributed by atoms with Gasteiger partial charge in [-0.15, -0.1) is 0 Å². The number of hydrogen-bond donors (Lipinski definition) is 1. The fourth-order valence-electron chi connectivity index (χ4n) is 7.09. The number of piperazine rings is 1. The van der Waals surface area contributed by atoms with Crippen molar-refractivity contribution < 1.29 is 9.47 Å². The maximum Gasteiger partial charge on any atom is 0.165 e. The van der Waals surface area contributed by atoms with Crippen LogP contribution >= 0.6 is 0 Å². The highest BCUT2D eigenvalue weighted by Crippen LogP contribution is 2.52. The van der Waals surface area contributed by atoms with E-state index in [4.69, 9.17) is 9.47 Å². The van der Waals surface area contributed by atoms with Crippen molar-refractivity contribution in [2.24, 2.45) is 5.41 Å². The number of benzene rings is 2. The highest BCUT2D eigenvalue weighted by Gasteiger charge is 2.49. The fraction of sp³-hybridized carbons (Fsp3) is 0.600. The summed E-state index contributed by atoms with van der Waals surface area (Å²) < 4.78 is 11.9. The van der Waals surface area contributed by atoms with Gasteiger partial charge in [0.1, 0.15) is 13.2 Å². The summed E-state index contributed by atoms with van der Waals surface area (Å²) in [5.74, 6) is 2.38. The van der Waals surface area contributed by atoms with E-state index in [2.05, 4.69) is 65.4 Å². The number of nitrogens with zero attached hydrogens (tertiary/aromatic N) is 2. The van der Waals surface area contributed by atoms with E-state index < -0.39 is 0 Å². The second-order valence-electron chi connectivity index (χ2n) is 11.5.